The third-order valence-electron chi connectivity index (χ3n) is 3.30. The molecule has 1 heterocycles. The minimum Gasteiger partial charge on any atom is -0.484 e. The molecule has 0 aliphatic carbocycles. The van der Waals surface area contributed by atoms with E-state index in [-0.39, 0.29) is 23.7 Å². The average Bonchev–Trinajstić information content (AvgIpc) is 2.46. The molecule has 1 aromatic rings. The van der Waals surface area contributed by atoms with Crippen molar-refractivity contribution in [3.8, 4) is 5.75 Å². The summed E-state index contributed by atoms with van der Waals surface area (Å²) >= 11 is 0. The van der Waals surface area contributed by atoms with Crippen LogP contribution >= 0.6 is 0 Å². The average molecular weight is 294 g/mol. The van der Waals surface area contributed by atoms with E-state index < -0.39 is 4.92 Å². The zero-order valence-corrected chi connectivity index (χ0v) is 11.8. The molecule has 1 N–H and O–H groups in total. The summed E-state index contributed by atoms with van der Waals surface area (Å²) in [5.41, 5.74) is -0.368. The highest BCUT2D eigenvalue weighted by Crippen LogP contribution is 2.19. The van der Waals surface area contributed by atoms with Gasteiger partial charge in [0.25, 0.3) is 11.6 Å². The van der Waals surface area contributed by atoms with Gasteiger partial charge in [0.2, 0.25) is 0 Å². The predicted molar refractivity (Wildman–Crippen MR) is 75.2 cm³/mol. The van der Waals surface area contributed by atoms with Crippen LogP contribution in [-0.4, -0.2) is 36.2 Å². The second-order valence-corrected chi connectivity index (χ2v) is 5.30. The number of hydrogen-bond acceptors (Lipinski definition) is 5. The summed E-state index contributed by atoms with van der Waals surface area (Å²) in [7, 11) is 0. The molecule has 2 rings (SSSR count). The Hall–Kier alpha value is -2.15. The molecule has 21 heavy (non-hydrogen) atoms. The lowest BCUT2D eigenvalue weighted by Crippen LogP contribution is -2.52. The first kappa shape index (κ1) is 15.2. The molecule has 0 spiro atoms. The summed E-state index contributed by atoms with van der Waals surface area (Å²) in [5.74, 6) is 0.183. The van der Waals surface area contributed by atoms with E-state index in [1.54, 1.807) is 0 Å². The van der Waals surface area contributed by atoms with Gasteiger partial charge in [-0.2, -0.15) is 0 Å². The highest BCUT2D eigenvalue weighted by molar-refractivity contribution is 5.78. The van der Waals surface area contributed by atoms with Crippen LogP contribution in [-0.2, 0) is 9.53 Å². The van der Waals surface area contributed by atoms with Crippen LogP contribution in [0.25, 0.3) is 0 Å². The molecule has 0 bridgehead atoms. The molecule has 114 valence electrons. The maximum Gasteiger partial charge on any atom is 0.269 e. The number of benzene rings is 1. The first-order valence-electron chi connectivity index (χ1n) is 6.75. The van der Waals surface area contributed by atoms with Gasteiger partial charge < -0.3 is 14.8 Å². The second-order valence-electron chi connectivity index (χ2n) is 5.30. The van der Waals surface area contributed by atoms with E-state index in [1.165, 1.54) is 24.3 Å². The van der Waals surface area contributed by atoms with Crippen molar-refractivity contribution < 1.29 is 19.2 Å². The van der Waals surface area contributed by atoms with Gasteiger partial charge in [-0.05, 0) is 31.9 Å². The molecule has 1 atom stereocenters. The molecule has 0 saturated carbocycles. The molecule has 1 saturated heterocycles. The van der Waals surface area contributed by atoms with Crippen molar-refractivity contribution in [1.29, 1.82) is 0 Å². The molecular formula is C14H18N2O5. The fourth-order valence-electron chi connectivity index (χ4n) is 2.22. The van der Waals surface area contributed by atoms with Crippen LogP contribution in [0.3, 0.4) is 0 Å². The number of ether oxygens (including phenoxy) is 2. The number of nitro groups is 1. The molecule has 0 radical (unpaired) electrons. The van der Waals surface area contributed by atoms with Gasteiger partial charge >= 0.3 is 0 Å². The molecule has 1 aliphatic heterocycles. The Morgan fingerprint density at radius 3 is 2.76 bits per heavy atom. The fourth-order valence-corrected chi connectivity index (χ4v) is 2.22. The predicted octanol–water partition coefficient (Wildman–Crippen LogP) is 1.66. The van der Waals surface area contributed by atoms with Crippen molar-refractivity contribution in [2.75, 3.05) is 19.8 Å². The van der Waals surface area contributed by atoms with E-state index in [0.29, 0.717) is 12.4 Å². The van der Waals surface area contributed by atoms with E-state index in [9.17, 15) is 14.9 Å². The summed E-state index contributed by atoms with van der Waals surface area (Å²) in [6.07, 6.45) is 1.79. The summed E-state index contributed by atoms with van der Waals surface area (Å²) in [6.45, 7) is 3.03. The third kappa shape index (κ3) is 4.42. The minimum absolute atomic E-state index is 0.0151. The molecule has 1 fully saturated rings. The van der Waals surface area contributed by atoms with E-state index >= 15 is 0 Å². The van der Waals surface area contributed by atoms with E-state index in [2.05, 4.69) is 5.32 Å². The topological polar surface area (TPSA) is 90.7 Å². The molecule has 1 amide bonds. The molecule has 1 aliphatic rings. The van der Waals surface area contributed by atoms with Crippen molar-refractivity contribution in [1.82, 2.24) is 5.32 Å². The third-order valence-corrected chi connectivity index (χ3v) is 3.30. The number of carbonyl (C=O) groups is 1. The SMILES string of the molecule is CC1(NC(=O)COc2ccc([N+](=O)[O-])cc2)CCCOC1. The lowest BCUT2D eigenvalue weighted by molar-refractivity contribution is -0.384. The maximum atomic E-state index is 11.9. The van der Waals surface area contributed by atoms with Crippen LogP contribution in [0.5, 0.6) is 5.75 Å². The van der Waals surface area contributed by atoms with Crippen molar-refractivity contribution in [3.63, 3.8) is 0 Å². The zero-order chi connectivity index (χ0) is 15.3. The molecule has 1 unspecified atom stereocenters. The van der Waals surface area contributed by atoms with Gasteiger partial charge in [0.05, 0.1) is 17.1 Å². The van der Waals surface area contributed by atoms with Crippen LogP contribution in [0.1, 0.15) is 19.8 Å². The maximum absolute atomic E-state index is 11.9. The van der Waals surface area contributed by atoms with Crippen molar-refractivity contribution >= 4 is 11.6 Å². The number of carbonyl (C=O) groups excluding carboxylic acids is 1. The van der Waals surface area contributed by atoms with E-state index in [1.807, 2.05) is 6.92 Å². The molecule has 7 nitrogen and oxygen atoms in total. The Balaban J connectivity index is 1.82. The second kappa shape index (κ2) is 6.53. The van der Waals surface area contributed by atoms with E-state index in [4.69, 9.17) is 9.47 Å². The van der Waals surface area contributed by atoms with Crippen LogP contribution < -0.4 is 10.1 Å². The van der Waals surface area contributed by atoms with Crippen LogP contribution in [0.4, 0.5) is 5.69 Å². The highest BCUT2D eigenvalue weighted by Gasteiger charge is 2.29. The van der Waals surface area contributed by atoms with Gasteiger partial charge in [0.1, 0.15) is 5.75 Å². The van der Waals surface area contributed by atoms with Crippen LogP contribution in [0, 0.1) is 10.1 Å². The van der Waals surface area contributed by atoms with Gasteiger partial charge in [0.15, 0.2) is 6.61 Å². The standard InChI is InChI=1S/C14H18N2O5/c1-14(7-2-8-20-10-14)15-13(17)9-21-12-5-3-11(4-6-12)16(18)19/h3-6H,2,7-10H2,1H3,(H,15,17). The van der Waals surface area contributed by atoms with Crippen molar-refractivity contribution in [3.05, 3.63) is 34.4 Å². The Labute approximate surface area is 122 Å². The molecule has 0 aromatic heterocycles. The van der Waals surface area contributed by atoms with E-state index in [0.717, 1.165) is 19.4 Å². The number of nitro benzene ring substituents is 1. The smallest absolute Gasteiger partial charge is 0.269 e. The molecule has 1 aromatic carbocycles. The first-order chi connectivity index (χ1) is 9.98. The summed E-state index contributed by atoms with van der Waals surface area (Å²) in [4.78, 5) is 21.9. The number of nitrogens with one attached hydrogen (secondary N) is 1. The minimum atomic E-state index is -0.486. The summed E-state index contributed by atoms with van der Waals surface area (Å²) in [6, 6.07) is 5.61. The molecular weight excluding hydrogens is 276 g/mol. The summed E-state index contributed by atoms with van der Waals surface area (Å²) < 4.78 is 10.7. The largest absolute Gasteiger partial charge is 0.484 e. The first-order valence-corrected chi connectivity index (χ1v) is 6.75. The van der Waals surface area contributed by atoms with Crippen molar-refractivity contribution in [2.24, 2.45) is 0 Å². The van der Waals surface area contributed by atoms with Gasteiger partial charge in [-0.25, -0.2) is 0 Å². The quantitative estimate of drug-likeness (QED) is 0.658. The Morgan fingerprint density at radius 2 is 2.19 bits per heavy atom. The number of nitrogens with zero attached hydrogens (tertiary/aromatic N) is 1. The highest BCUT2D eigenvalue weighted by atomic mass is 16.6. The number of amides is 1. The van der Waals surface area contributed by atoms with Gasteiger partial charge in [0, 0.05) is 18.7 Å². The zero-order valence-electron chi connectivity index (χ0n) is 11.8. The Bertz CT molecular complexity index is 509. The fraction of sp³-hybridized carbons (Fsp3) is 0.500. The number of rotatable bonds is 5. The normalized spacial score (nSPS) is 21.6. The van der Waals surface area contributed by atoms with Crippen LogP contribution in [0.15, 0.2) is 24.3 Å². The van der Waals surface area contributed by atoms with Gasteiger partial charge in [-0.3, -0.25) is 14.9 Å². The van der Waals surface area contributed by atoms with Crippen LogP contribution in [0.2, 0.25) is 0 Å². The van der Waals surface area contributed by atoms with Crippen molar-refractivity contribution in [2.45, 2.75) is 25.3 Å². The Morgan fingerprint density at radius 1 is 1.48 bits per heavy atom. The van der Waals surface area contributed by atoms with Gasteiger partial charge in [-0.15, -0.1) is 0 Å². The number of hydrogen-bond donors (Lipinski definition) is 1. The monoisotopic (exact) mass is 294 g/mol. The lowest BCUT2D eigenvalue weighted by atomic mass is 9.95. The number of non-ortho nitro benzene ring substituents is 1. The Kier molecular flexibility index (Phi) is 4.74. The van der Waals surface area contributed by atoms with Gasteiger partial charge in [-0.1, -0.05) is 0 Å². The summed E-state index contributed by atoms with van der Waals surface area (Å²) in [5, 5.41) is 13.4. The lowest BCUT2D eigenvalue weighted by Gasteiger charge is -2.34. The molecule has 7 heteroatoms.